The van der Waals surface area contributed by atoms with E-state index in [-0.39, 0.29) is 17.9 Å². The van der Waals surface area contributed by atoms with Gasteiger partial charge in [0, 0.05) is 34.5 Å². The first-order valence-corrected chi connectivity index (χ1v) is 15.9. The summed E-state index contributed by atoms with van der Waals surface area (Å²) in [6.45, 7) is 8.71. The molecule has 5 rings (SSSR count). The molecule has 0 saturated heterocycles. The number of sulfone groups is 1. The first kappa shape index (κ1) is 30.6. The molecule has 7 nitrogen and oxygen atoms in total. The molecular weight excluding hydrogens is 584 g/mol. The van der Waals surface area contributed by atoms with Gasteiger partial charge in [0.25, 0.3) is 0 Å². The number of carboxylic acids is 1. The number of carbonyl (C=O) groups is 1. The summed E-state index contributed by atoms with van der Waals surface area (Å²) >= 11 is 6.13. The summed E-state index contributed by atoms with van der Waals surface area (Å²) in [4.78, 5) is 17.1. The van der Waals surface area contributed by atoms with E-state index in [0.29, 0.717) is 33.9 Å². The van der Waals surface area contributed by atoms with Crippen LogP contribution in [0.4, 0.5) is 0 Å². The van der Waals surface area contributed by atoms with E-state index in [1.807, 2.05) is 59.2 Å². The van der Waals surface area contributed by atoms with Gasteiger partial charge in [-0.2, -0.15) is 0 Å². The van der Waals surface area contributed by atoms with Crippen molar-refractivity contribution in [1.82, 2.24) is 9.55 Å². The van der Waals surface area contributed by atoms with Crippen molar-refractivity contribution < 1.29 is 23.1 Å². The van der Waals surface area contributed by atoms with Crippen molar-refractivity contribution in [3.05, 3.63) is 101 Å². The molecule has 3 aromatic carbocycles. The Balaban J connectivity index is 1.67. The van der Waals surface area contributed by atoms with Crippen molar-refractivity contribution >= 4 is 49.2 Å². The van der Waals surface area contributed by atoms with Crippen molar-refractivity contribution in [2.75, 3.05) is 0 Å². The average molecular weight is 619 g/mol. The third kappa shape index (κ3) is 6.12. The van der Waals surface area contributed by atoms with E-state index >= 15 is 0 Å². The fourth-order valence-electron chi connectivity index (χ4n) is 5.02. The fourth-order valence-corrected chi connectivity index (χ4v) is 6.70. The smallest absolute Gasteiger partial charge is 0.309 e. The number of ether oxygens (including phenoxy) is 1. The summed E-state index contributed by atoms with van der Waals surface area (Å²) in [6.07, 6.45) is 0.00640. The molecule has 0 fully saturated rings. The number of aromatic nitrogens is 2. The number of halogens is 1. The number of para-hydroxylation sites is 1. The fraction of sp³-hybridized carbons (Fsp3) is 0.294. The molecule has 0 saturated carbocycles. The van der Waals surface area contributed by atoms with Crippen LogP contribution >= 0.6 is 11.6 Å². The summed E-state index contributed by atoms with van der Waals surface area (Å²) in [5.41, 5.74) is 2.40. The van der Waals surface area contributed by atoms with Crippen molar-refractivity contribution in [2.45, 2.75) is 63.8 Å². The van der Waals surface area contributed by atoms with Crippen molar-refractivity contribution in [3.63, 3.8) is 0 Å². The normalized spacial score (nSPS) is 12.6. The highest BCUT2D eigenvalue weighted by Gasteiger charge is 2.40. The summed E-state index contributed by atoms with van der Waals surface area (Å²) in [6, 6.07) is 24.4. The van der Waals surface area contributed by atoms with Gasteiger partial charge in [-0.3, -0.25) is 4.79 Å². The van der Waals surface area contributed by atoms with E-state index in [2.05, 4.69) is 4.98 Å². The van der Waals surface area contributed by atoms with E-state index in [1.165, 1.54) is 0 Å². The van der Waals surface area contributed by atoms with Crippen LogP contribution in [0.25, 0.3) is 21.8 Å². The van der Waals surface area contributed by atoms with Crippen LogP contribution in [0.15, 0.2) is 83.8 Å². The van der Waals surface area contributed by atoms with Crippen LogP contribution in [0.3, 0.4) is 0 Å². The first-order valence-electron chi connectivity index (χ1n) is 14.0. The molecule has 0 spiro atoms. The first-order chi connectivity index (χ1) is 20.2. The third-order valence-electron chi connectivity index (χ3n) is 7.65. The van der Waals surface area contributed by atoms with Crippen LogP contribution in [0.2, 0.25) is 5.02 Å². The largest absolute Gasteiger partial charge is 0.487 e. The van der Waals surface area contributed by atoms with Gasteiger partial charge in [0.15, 0.2) is 9.84 Å². The quantitative estimate of drug-likeness (QED) is 0.182. The second-order valence-corrected chi connectivity index (χ2v) is 15.5. The number of fused-ring (bicyclic) bond motifs is 2. The molecule has 0 bridgehead atoms. The lowest BCUT2D eigenvalue weighted by molar-refractivity contribution is -0.146. The third-order valence-corrected chi connectivity index (χ3v) is 10.5. The number of aliphatic carboxylic acids is 1. The minimum Gasteiger partial charge on any atom is -0.487 e. The standard InChI is InChI=1S/C34H35ClN2O5S/c1-33(2,3)43(40,41)31-27-18-26(42-21-25-15-12-23-8-6-7-9-28(23)36-25)16-17-29(27)37(20-22-10-13-24(35)14-11-22)30(31)19-34(4,5)32(38)39/h6-18H,19-21H2,1-5H3,(H,38,39). The zero-order chi connectivity index (χ0) is 31.2. The van der Waals surface area contributed by atoms with Crippen LogP contribution in [0, 0.1) is 5.41 Å². The number of pyridine rings is 1. The zero-order valence-corrected chi connectivity index (χ0v) is 26.5. The molecule has 0 atom stereocenters. The molecule has 0 aliphatic rings. The maximum absolute atomic E-state index is 14.2. The molecule has 9 heteroatoms. The van der Waals surface area contributed by atoms with Crippen LogP contribution < -0.4 is 4.74 Å². The molecule has 1 N–H and O–H groups in total. The van der Waals surface area contributed by atoms with E-state index in [4.69, 9.17) is 16.3 Å². The highest BCUT2D eigenvalue weighted by atomic mass is 35.5. The monoisotopic (exact) mass is 618 g/mol. The van der Waals surface area contributed by atoms with Gasteiger partial charge in [0.05, 0.1) is 31.8 Å². The van der Waals surface area contributed by atoms with Gasteiger partial charge >= 0.3 is 5.97 Å². The number of nitrogens with zero attached hydrogens (tertiary/aromatic N) is 2. The topological polar surface area (TPSA) is 98.5 Å². The molecule has 2 heterocycles. The predicted octanol–water partition coefficient (Wildman–Crippen LogP) is 7.70. The van der Waals surface area contributed by atoms with Crippen LogP contribution in [-0.4, -0.2) is 33.8 Å². The van der Waals surface area contributed by atoms with E-state index in [9.17, 15) is 18.3 Å². The molecule has 0 aliphatic heterocycles. The second-order valence-electron chi connectivity index (χ2n) is 12.4. The minimum atomic E-state index is -3.92. The molecule has 0 amide bonds. The van der Waals surface area contributed by atoms with Crippen LogP contribution in [0.1, 0.15) is 51.6 Å². The molecule has 0 unspecified atom stereocenters. The Morgan fingerprint density at radius 3 is 2.33 bits per heavy atom. The predicted molar refractivity (Wildman–Crippen MR) is 171 cm³/mol. The zero-order valence-electron chi connectivity index (χ0n) is 24.9. The summed E-state index contributed by atoms with van der Waals surface area (Å²) in [5, 5.41) is 12.1. The lowest BCUT2D eigenvalue weighted by Crippen LogP contribution is -2.32. The Kier molecular flexibility index (Phi) is 8.05. The lowest BCUT2D eigenvalue weighted by Gasteiger charge is -2.24. The number of benzene rings is 3. The maximum Gasteiger partial charge on any atom is 0.309 e. The van der Waals surface area contributed by atoms with Crippen molar-refractivity contribution in [2.24, 2.45) is 5.41 Å². The number of hydrogen-bond donors (Lipinski definition) is 1. The number of carboxylic acid groups (broad SMARTS) is 1. The SMILES string of the molecule is CC(C)(Cc1c(S(=O)(=O)C(C)(C)C)c2cc(OCc3ccc4ccccc4n3)ccc2n1Cc1ccc(Cl)cc1)C(=O)O. The van der Waals surface area contributed by atoms with Crippen molar-refractivity contribution in [1.29, 1.82) is 0 Å². The number of rotatable bonds is 9. The van der Waals surface area contributed by atoms with Crippen LogP contribution in [0.5, 0.6) is 5.75 Å². The van der Waals surface area contributed by atoms with Gasteiger partial charge in [0.1, 0.15) is 12.4 Å². The maximum atomic E-state index is 14.2. The van der Waals surface area contributed by atoms with Crippen molar-refractivity contribution in [3.8, 4) is 5.75 Å². The molecule has 43 heavy (non-hydrogen) atoms. The van der Waals surface area contributed by atoms with Gasteiger partial charge in [-0.25, -0.2) is 13.4 Å². The van der Waals surface area contributed by atoms with Gasteiger partial charge in [-0.1, -0.05) is 48.0 Å². The van der Waals surface area contributed by atoms with Gasteiger partial charge in [0.2, 0.25) is 0 Å². The van der Waals surface area contributed by atoms with E-state index in [1.54, 1.807) is 58.9 Å². The minimum absolute atomic E-state index is 0.00640. The van der Waals surface area contributed by atoms with E-state index < -0.39 is 26.0 Å². The second kappa shape index (κ2) is 11.3. The van der Waals surface area contributed by atoms with Gasteiger partial charge < -0.3 is 14.4 Å². The average Bonchev–Trinajstić information content (AvgIpc) is 3.24. The highest BCUT2D eigenvalue weighted by Crippen LogP contribution is 2.41. The highest BCUT2D eigenvalue weighted by molar-refractivity contribution is 7.93. The summed E-state index contributed by atoms with van der Waals surface area (Å²) in [5.74, 6) is -0.526. The Morgan fingerprint density at radius 1 is 0.953 bits per heavy atom. The van der Waals surface area contributed by atoms with Crippen LogP contribution in [-0.2, 0) is 34.2 Å². The Morgan fingerprint density at radius 2 is 1.65 bits per heavy atom. The Bertz CT molecular complexity index is 1940. The molecular formula is C34H35ClN2O5S. The van der Waals surface area contributed by atoms with Gasteiger partial charge in [-0.05, 0) is 82.6 Å². The molecule has 224 valence electrons. The summed E-state index contributed by atoms with van der Waals surface area (Å²) in [7, 11) is -3.92. The Hall–Kier alpha value is -3.88. The molecule has 2 aromatic heterocycles. The molecule has 0 aliphatic carbocycles. The van der Waals surface area contributed by atoms with Gasteiger partial charge in [-0.15, -0.1) is 0 Å². The number of hydrogen-bond acceptors (Lipinski definition) is 5. The summed E-state index contributed by atoms with van der Waals surface area (Å²) < 4.78 is 35.4. The molecule has 5 aromatic rings. The van der Waals surface area contributed by atoms with E-state index in [0.717, 1.165) is 22.2 Å². The Labute approximate surface area is 257 Å². The molecule has 0 radical (unpaired) electrons. The lowest BCUT2D eigenvalue weighted by atomic mass is 9.88.